The monoisotopic (exact) mass is 323 g/mol. The molecular weight excluding hydrogens is 308 g/mol. The molecule has 0 saturated heterocycles. The lowest BCUT2D eigenvalue weighted by atomic mass is 10.3. The highest BCUT2D eigenvalue weighted by molar-refractivity contribution is 7.98. The lowest BCUT2D eigenvalue weighted by Crippen LogP contribution is -2.30. The fourth-order valence-electron chi connectivity index (χ4n) is 1.79. The lowest BCUT2D eigenvalue weighted by Gasteiger charge is -2.16. The third-order valence-corrected chi connectivity index (χ3v) is 3.73. The second-order valence-corrected chi connectivity index (χ2v) is 5.37. The van der Waals surface area contributed by atoms with Crippen molar-refractivity contribution in [3.05, 3.63) is 54.1 Å². The van der Waals surface area contributed by atoms with Crippen LogP contribution in [0.5, 0.6) is 5.75 Å². The highest BCUT2D eigenvalue weighted by Gasteiger charge is 2.17. The van der Waals surface area contributed by atoms with Crippen molar-refractivity contribution in [2.75, 3.05) is 11.6 Å². The van der Waals surface area contributed by atoms with Crippen molar-refractivity contribution >= 4 is 23.4 Å². The van der Waals surface area contributed by atoms with E-state index in [2.05, 4.69) is 5.32 Å². The Hall–Kier alpha value is -2.08. The summed E-state index contributed by atoms with van der Waals surface area (Å²) in [5, 5.41) is 2.75. The van der Waals surface area contributed by atoms with Gasteiger partial charge < -0.3 is 10.1 Å². The van der Waals surface area contributed by atoms with Crippen molar-refractivity contribution in [1.82, 2.24) is 0 Å². The summed E-state index contributed by atoms with van der Waals surface area (Å²) in [6, 6.07) is 10.5. The van der Waals surface area contributed by atoms with E-state index in [-0.39, 0.29) is 11.7 Å². The Kier molecular flexibility index (Phi) is 5.38. The number of halogens is 2. The summed E-state index contributed by atoms with van der Waals surface area (Å²) in [4.78, 5) is 13.1. The van der Waals surface area contributed by atoms with E-state index >= 15 is 0 Å². The molecule has 0 radical (unpaired) electrons. The van der Waals surface area contributed by atoms with Gasteiger partial charge in [0.05, 0.1) is 5.69 Å². The van der Waals surface area contributed by atoms with E-state index in [0.717, 1.165) is 17.0 Å². The summed E-state index contributed by atoms with van der Waals surface area (Å²) in [7, 11) is 0. The summed E-state index contributed by atoms with van der Waals surface area (Å²) in [6.07, 6.45) is 1.06. The van der Waals surface area contributed by atoms with E-state index in [1.165, 1.54) is 24.8 Å². The number of nitrogens with one attached hydrogen (secondary N) is 1. The maximum Gasteiger partial charge on any atom is 0.265 e. The molecule has 0 spiro atoms. The molecule has 116 valence electrons. The summed E-state index contributed by atoms with van der Waals surface area (Å²) >= 11 is 1.51. The van der Waals surface area contributed by atoms with Gasteiger partial charge in [-0.1, -0.05) is 12.1 Å². The number of ether oxygens (including phenoxy) is 1. The Balaban J connectivity index is 2.04. The number of amides is 1. The van der Waals surface area contributed by atoms with Crippen LogP contribution in [0.1, 0.15) is 6.92 Å². The van der Waals surface area contributed by atoms with Crippen LogP contribution in [0.2, 0.25) is 0 Å². The topological polar surface area (TPSA) is 38.3 Å². The molecule has 0 fully saturated rings. The molecule has 3 nitrogen and oxygen atoms in total. The van der Waals surface area contributed by atoms with Gasteiger partial charge in [0.1, 0.15) is 5.75 Å². The minimum atomic E-state index is -1.02. The predicted molar refractivity (Wildman–Crippen MR) is 83.3 cm³/mol. The Morgan fingerprint density at radius 3 is 2.59 bits per heavy atom. The van der Waals surface area contributed by atoms with Crippen LogP contribution >= 0.6 is 11.8 Å². The first-order chi connectivity index (χ1) is 10.5. The van der Waals surface area contributed by atoms with Gasteiger partial charge in [-0.3, -0.25) is 4.79 Å². The molecule has 1 N–H and O–H groups in total. The molecule has 1 amide bonds. The van der Waals surface area contributed by atoms with Crippen LogP contribution in [0.25, 0.3) is 0 Å². The molecule has 0 aromatic heterocycles. The highest BCUT2D eigenvalue weighted by atomic mass is 32.2. The van der Waals surface area contributed by atoms with Gasteiger partial charge in [0.2, 0.25) is 0 Å². The van der Waals surface area contributed by atoms with Gasteiger partial charge in [0.25, 0.3) is 5.91 Å². The number of para-hydroxylation sites is 1. The molecule has 2 aromatic carbocycles. The normalized spacial score (nSPS) is 11.8. The smallest absolute Gasteiger partial charge is 0.265 e. The SMILES string of the molecule is CSc1ccccc1NC(=O)C(C)Oc1ccc(F)c(F)c1. The second kappa shape index (κ2) is 7.26. The first kappa shape index (κ1) is 16.3. The van der Waals surface area contributed by atoms with E-state index in [0.29, 0.717) is 5.69 Å². The molecular formula is C16H15F2NO2S. The number of carbonyl (C=O) groups is 1. The van der Waals surface area contributed by atoms with Gasteiger partial charge in [-0.25, -0.2) is 8.78 Å². The molecule has 6 heteroatoms. The van der Waals surface area contributed by atoms with Crippen LogP contribution in [0.3, 0.4) is 0 Å². The van der Waals surface area contributed by atoms with E-state index in [1.807, 2.05) is 24.5 Å². The van der Waals surface area contributed by atoms with E-state index in [4.69, 9.17) is 4.74 Å². The van der Waals surface area contributed by atoms with E-state index < -0.39 is 17.7 Å². The molecule has 0 aliphatic rings. The molecule has 0 saturated carbocycles. The highest BCUT2D eigenvalue weighted by Crippen LogP contribution is 2.25. The molecule has 0 heterocycles. The Morgan fingerprint density at radius 2 is 1.91 bits per heavy atom. The number of anilines is 1. The Bertz CT molecular complexity index is 679. The molecule has 0 aliphatic carbocycles. The fraction of sp³-hybridized carbons (Fsp3) is 0.188. The maximum absolute atomic E-state index is 13.1. The third kappa shape index (κ3) is 3.98. The van der Waals surface area contributed by atoms with Crippen molar-refractivity contribution < 1.29 is 18.3 Å². The molecule has 1 unspecified atom stereocenters. The van der Waals surface area contributed by atoms with Gasteiger partial charge >= 0.3 is 0 Å². The summed E-state index contributed by atoms with van der Waals surface area (Å²) in [6.45, 7) is 1.54. The Labute approximate surface area is 131 Å². The number of benzene rings is 2. The quantitative estimate of drug-likeness (QED) is 0.842. The number of hydrogen-bond acceptors (Lipinski definition) is 3. The first-order valence-corrected chi connectivity index (χ1v) is 7.79. The van der Waals surface area contributed by atoms with Crippen molar-refractivity contribution in [2.24, 2.45) is 0 Å². The van der Waals surface area contributed by atoms with Gasteiger partial charge in [-0.05, 0) is 37.4 Å². The number of rotatable bonds is 5. The molecule has 2 aromatic rings. The molecule has 0 aliphatic heterocycles. The van der Waals surface area contributed by atoms with Crippen LogP contribution in [0.4, 0.5) is 14.5 Å². The largest absolute Gasteiger partial charge is 0.481 e. The van der Waals surface area contributed by atoms with Crippen LogP contribution in [-0.2, 0) is 4.79 Å². The average Bonchev–Trinajstić information content (AvgIpc) is 2.51. The Morgan fingerprint density at radius 1 is 1.18 bits per heavy atom. The number of thioether (sulfide) groups is 1. The van der Waals surface area contributed by atoms with Crippen LogP contribution in [0, 0.1) is 11.6 Å². The second-order valence-electron chi connectivity index (χ2n) is 4.53. The number of carbonyl (C=O) groups excluding carboxylic acids is 1. The van der Waals surface area contributed by atoms with Crippen molar-refractivity contribution in [2.45, 2.75) is 17.9 Å². The van der Waals surface area contributed by atoms with Gasteiger partial charge in [-0.15, -0.1) is 11.8 Å². The number of hydrogen-bond donors (Lipinski definition) is 1. The minimum Gasteiger partial charge on any atom is -0.481 e. The lowest BCUT2D eigenvalue weighted by molar-refractivity contribution is -0.122. The fourth-order valence-corrected chi connectivity index (χ4v) is 2.34. The zero-order chi connectivity index (χ0) is 16.1. The summed E-state index contributed by atoms with van der Waals surface area (Å²) in [5.41, 5.74) is 0.681. The van der Waals surface area contributed by atoms with Crippen molar-refractivity contribution in [3.63, 3.8) is 0 Å². The van der Waals surface area contributed by atoms with Gasteiger partial charge in [0, 0.05) is 11.0 Å². The van der Waals surface area contributed by atoms with Crippen LogP contribution < -0.4 is 10.1 Å². The van der Waals surface area contributed by atoms with E-state index in [1.54, 1.807) is 6.07 Å². The summed E-state index contributed by atoms with van der Waals surface area (Å²) < 4.78 is 31.3. The maximum atomic E-state index is 13.1. The minimum absolute atomic E-state index is 0.0969. The van der Waals surface area contributed by atoms with Gasteiger partial charge in [-0.2, -0.15) is 0 Å². The zero-order valence-electron chi connectivity index (χ0n) is 12.1. The molecule has 1 atom stereocenters. The molecule has 2 rings (SSSR count). The van der Waals surface area contributed by atoms with Crippen molar-refractivity contribution in [3.8, 4) is 5.75 Å². The average molecular weight is 323 g/mol. The van der Waals surface area contributed by atoms with E-state index in [9.17, 15) is 13.6 Å². The van der Waals surface area contributed by atoms with Crippen LogP contribution in [0.15, 0.2) is 47.4 Å². The molecule has 0 bridgehead atoms. The third-order valence-electron chi connectivity index (χ3n) is 2.94. The van der Waals surface area contributed by atoms with Gasteiger partial charge in [0.15, 0.2) is 17.7 Å². The zero-order valence-corrected chi connectivity index (χ0v) is 12.9. The standard InChI is InChI=1S/C16H15F2NO2S/c1-10(21-11-7-8-12(17)13(18)9-11)16(20)19-14-5-3-4-6-15(14)22-2/h3-10H,1-2H3,(H,19,20). The summed E-state index contributed by atoms with van der Waals surface area (Å²) in [5.74, 6) is -2.25. The van der Waals surface area contributed by atoms with Crippen LogP contribution in [-0.4, -0.2) is 18.3 Å². The van der Waals surface area contributed by atoms with Crippen molar-refractivity contribution in [1.29, 1.82) is 0 Å². The predicted octanol–water partition coefficient (Wildman–Crippen LogP) is 4.09. The first-order valence-electron chi connectivity index (χ1n) is 6.57. The molecule has 22 heavy (non-hydrogen) atoms.